The monoisotopic (exact) mass is 144 g/mol. The Bertz CT molecular complexity index is 141. The van der Waals surface area contributed by atoms with Gasteiger partial charge in [-0.1, -0.05) is 0 Å². The molecular formula is C6H12N2O2. The van der Waals surface area contributed by atoms with Gasteiger partial charge >= 0.3 is 6.09 Å². The first-order valence-electron chi connectivity index (χ1n) is 3.32. The maximum atomic E-state index is 10.3. The van der Waals surface area contributed by atoms with Gasteiger partial charge in [0, 0.05) is 13.0 Å². The summed E-state index contributed by atoms with van der Waals surface area (Å²) in [4.78, 5) is 10.3. The zero-order chi connectivity index (χ0) is 7.61. The van der Waals surface area contributed by atoms with Crippen molar-refractivity contribution in [1.29, 1.82) is 0 Å². The lowest BCUT2D eigenvalue weighted by atomic mass is 10.1. The van der Waals surface area contributed by atoms with Gasteiger partial charge in [-0.25, -0.2) is 4.79 Å². The molecule has 1 fully saturated rings. The molecule has 0 bridgehead atoms. The van der Waals surface area contributed by atoms with Crippen LogP contribution in [0.25, 0.3) is 0 Å². The molecular weight excluding hydrogens is 132 g/mol. The predicted octanol–water partition coefficient (Wildman–Crippen LogP) is -0.166. The topological polar surface area (TPSA) is 64.3 Å². The molecule has 1 atom stereocenters. The highest BCUT2D eigenvalue weighted by Gasteiger charge is 2.31. The Hall–Kier alpha value is -0.770. The van der Waals surface area contributed by atoms with Crippen molar-refractivity contribution in [3.05, 3.63) is 0 Å². The van der Waals surface area contributed by atoms with Crippen molar-refractivity contribution in [3.8, 4) is 0 Å². The quantitative estimate of drug-likeness (QED) is 0.537. The molecule has 58 valence electrons. The molecule has 0 aromatic carbocycles. The van der Waals surface area contributed by atoms with Crippen molar-refractivity contribution in [3.63, 3.8) is 0 Å². The molecule has 0 aromatic rings. The van der Waals surface area contributed by atoms with E-state index in [1.165, 1.54) is 0 Å². The summed E-state index contributed by atoms with van der Waals surface area (Å²) in [5, 5.41) is 3.09. The number of hydrogen-bond donors (Lipinski definition) is 2. The fourth-order valence-corrected chi connectivity index (χ4v) is 1.12. The molecule has 1 saturated heterocycles. The van der Waals surface area contributed by atoms with E-state index in [9.17, 15) is 4.79 Å². The third-order valence-corrected chi connectivity index (χ3v) is 1.68. The number of rotatable bonds is 1. The first-order chi connectivity index (χ1) is 4.62. The number of amides is 1. The van der Waals surface area contributed by atoms with Gasteiger partial charge in [0.2, 0.25) is 0 Å². The average Bonchev–Trinajstić information content (AvgIpc) is 2.12. The van der Waals surface area contributed by atoms with Crippen LogP contribution in [0.5, 0.6) is 0 Å². The first-order valence-corrected chi connectivity index (χ1v) is 3.32. The molecule has 10 heavy (non-hydrogen) atoms. The molecule has 0 unspecified atom stereocenters. The molecule has 4 heteroatoms. The lowest BCUT2D eigenvalue weighted by Crippen LogP contribution is -2.35. The Morgan fingerprint density at radius 2 is 2.50 bits per heavy atom. The maximum absolute atomic E-state index is 10.3. The molecule has 0 aromatic heterocycles. The van der Waals surface area contributed by atoms with E-state index in [1.807, 2.05) is 6.92 Å². The van der Waals surface area contributed by atoms with E-state index in [-0.39, 0.29) is 5.60 Å². The Morgan fingerprint density at radius 3 is 2.90 bits per heavy atom. The summed E-state index contributed by atoms with van der Waals surface area (Å²) in [6, 6.07) is 0. The molecule has 0 spiro atoms. The van der Waals surface area contributed by atoms with E-state index in [4.69, 9.17) is 10.5 Å². The van der Waals surface area contributed by atoms with Crippen LogP contribution in [0.2, 0.25) is 0 Å². The van der Waals surface area contributed by atoms with Gasteiger partial charge in [0.05, 0.1) is 0 Å². The second-order valence-corrected chi connectivity index (χ2v) is 2.80. The normalized spacial score (nSPS) is 32.1. The molecule has 1 heterocycles. The first kappa shape index (κ1) is 7.34. The molecule has 0 aliphatic carbocycles. The zero-order valence-corrected chi connectivity index (χ0v) is 6.02. The van der Waals surface area contributed by atoms with Crippen molar-refractivity contribution >= 4 is 6.09 Å². The maximum Gasteiger partial charge on any atom is 0.405 e. The number of carbonyl (C=O) groups is 1. The van der Waals surface area contributed by atoms with Crippen LogP contribution in [0.3, 0.4) is 0 Å². The van der Waals surface area contributed by atoms with Gasteiger partial charge in [-0.3, -0.25) is 0 Å². The van der Waals surface area contributed by atoms with Gasteiger partial charge in [0.25, 0.3) is 0 Å². The van der Waals surface area contributed by atoms with Crippen LogP contribution < -0.4 is 11.1 Å². The Labute approximate surface area is 59.7 Å². The van der Waals surface area contributed by atoms with Crippen LogP contribution in [-0.2, 0) is 4.74 Å². The second kappa shape index (κ2) is 2.46. The third-order valence-electron chi connectivity index (χ3n) is 1.68. The minimum absolute atomic E-state index is 0.369. The summed E-state index contributed by atoms with van der Waals surface area (Å²) < 4.78 is 4.88. The highest BCUT2D eigenvalue weighted by atomic mass is 16.6. The van der Waals surface area contributed by atoms with Gasteiger partial charge in [-0.15, -0.1) is 0 Å². The van der Waals surface area contributed by atoms with Gasteiger partial charge < -0.3 is 15.8 Å². The van der Waals surface area contributed by atoms with E-state index in [0.717, 1.165) is 13.0 Å². The van der Waals surface area contributed by atoms with E-state index >= 15 is 0 Å². The van der Waals surface area contributed by atoms with E-state index < -0.39 is 6.09 Å². The third kappa shape index (κ3) is 1.60. The SMILES string of the molecule is C[C@@]1(OC(N)=O)CCNC1. The number of nitrogens with two attached hydrogens (primary N) is 1. The molecule has 1 amide bonds. The van der Waals surface area contributed by atoms with Crippen molar-refractivity contribution in [1.82, 2.24) is 5.32 Å². The van der Waals surface area contributed by atoms with Crippen molar-refractivity contribution in [2.75, 3.05) is 13.1 Å². The fraction of sp³-hybridized carbons (Fsp3) is 0.833. The fourth-order valence-electron chi connectivity index (χ4n) is 1.12. The molecule has 1 aliphatic heterocycles. The van der Waals surface area contributed by atoms with Crippen LogP contribution in [0.15, 0.2) is 0 Å². The van der Waals surface area contributed by atoms with Crippen LogP contribution in [0, 0.1) is 0 Å². The number of nitrogens with one attached hydrogen (secondary N) is 1. The molecule has 4 nitrogen and oxygen atoms in total. The van der Waals surface area contributed by atoms with Crippen molar-refractivity contribution in [2.24, 2.45) is 5.73 Å². The standard InChI is InChI=1S/C6H12N2O2/c1-6(10-5(7)9)2-3-8-4-6/h8H,2-4H2,1H3,(H2,7,9)/t6-/m1/s1. The van der Waals surface area contributed by atoms with Crippen LogP contribution in [-0.4, -0.2) is 24.8 Å². The van der Waals surface area contributed by atoms with E-state index in [2.05, 4.69) is 5.32 Å². The summed E-state index contributed by atoms with van der Waals surface area (Å²) in [7, 11) is 0. The lowest BCUT2D eigenvalue weighted by molar-refractivity contribution is 0.0467. The highest BCUT2D eigenvalue weighted by molar-refractivity contribution is 5.65. The summed E-state index contributed by atoms with van der Waals surface area (Å²) in [5.41, 5.74) is 4.50. The number of ether oxygens (including phenoxy) is 1. The minimum Gasteiger partial charge on any atom is -0.442 e. The van der Waals surface area contributed by atoms with E-state index in [1.54, 1.807) is 0 Å². The molecule has 0 radical (unpaired) electrons. The summed E-state index contributed by atoms with van der Waals surface area (Å²) >= 11 is 0. The Morgan fingerprint density at radius 1 is 1.80 bits per heavy atom. The summed E-state index contributed by atoms with van der Waals surface area (Å²) in [6.45, 7) is 3.47. The van der Waals surface area contributed by atoms with Gasteiger partial charge in [0.15, 0.2) is 0 Å². The minimum atomic E-state index is -0.689. The van der Waals surface area contributed by atoms with Crippen LogP contribution in [0.4, 0.5) is 4.79 Å². The molecule has 1 rings (SSSR count). The largest absolute Gasteiger partial charge is 0.442 e. The van der Waals surface area contributed by atoms with Gasteiger partial charge in [-0.05, 0) is 13.5 Å². The average molecular weight is 144 g/mol. The molecule has 1 aliphatic rings. The Kier molecular flexibility index (Phi) is 1.80. The number of carbonyl (C=O) groups excluding carboxylic acids is 1. The second-order valence-electron chi connectivity index (χ2n) is 2.80. The predicted molar refractivity (Wildman–Crippen MR) is 36.6 cm³/mol. The van der Waals surface area contributed by atoms with Crippen molar-refractivity contribution < 1.29 is 9.53 Å². The van der Waals surface area contributed by atoms with Crippen LogP contribution in [0.1, 0.15) is 13.3 Å². The Balaban J connectivity index is 2.43. The summed E-state index contributed by atoms with van der Waals surface area (Å²) in [6.07, 6.45) is 0.154. The van der Waals surface area contributed by atoms with Gasteiger partial charge in [0.1, 0.15) is 5.60 Å². The number of primary amides is 1. The van der Waals surface area contributed by atoms with Crippen molar-refractivity contribution in [2.45, 2.75) is 18.9 Å². The molecule has 0 saturated carbocycles. The van der Waals surface area contributed by atoms with Crippen LogP contribution >= 0.6 is 0 Å². The molecule has 3 N–H and O–H groups in total. The lowest BCUT2D eigenvalue weighted by Gasteiger charge is -2.21. The number of hydrogen-bond acceptors (Lipinski definition) is 3. The highest BCUT2D eigenvalue weighted by Crippen LogP contribution is 2.17. The van der Waals surface area contributed by atoms with Gasteiger partial charge in [-0.2, -0.15) is 0 Å². The van der Waals surface area contributed by atoms with E-state index in [0.29, 0.717) is 6.54 Å². The zero-order valence-electron chi connectivity index (χ0n) is 6.02. The summed E-state index contributed by atoms with van der Waals surface area (Å²) in [5.74, 6) is 0. The smallest absolute Gasteiger partial charge is 0.405 e.